The van der Waals surface area contributed by atoms with Gasteiger partial charge in [0.05, 0.1) is 5.71 Å². The number of nitrogens with one attached hydrogen (secondary N) is 1. The number of benzene rings is 2. The van der Waals surface area contributed by atoms with Crippen LogP contribution in [-0.4, -0.2) is 15.7 Å². The minimum atomic E-state index is -4.59. The summed E-state index contributed by atoms with van der Waals surface area (Å²) in [5, 5.41) is 4.22. The molecule has 3 aromatic rings. The van der Waals surface area contributed by atoms with Gasteiger partial charge in [-0.15, -0.1) is 0 Å². The lowest BCUT2D eigenvalue weighted by atomic mass is 10.0. The third-order valence-electron chi connectivity index (χ3n) is 4.58. The minimum Gasteiger partial charge on any atom is -0.261 e. The van der Waals surface area contributed by atoms with Gasteiger partial charge in [0.15, 0.2) is 17.3 Å². The van der Waals surface area contributed by atoms with Crippen molar-refractivity contribution in [3.05, 3.63) is 77.5 Å². The van der Waals surface area contributed by atoms with Crippen molar-refractivity contribution in [3.8, 4) is 11.4 Å². The molecular formula is C23H23F3N4. The molecular weight excluding hydrogens is 389 g/mol. The van der Waals surface area contributed by atoms with Crippen molar-refractivity contribution < 1.29 is 13.2 Å². The summed E-state index contributed by atoms with van der Waals surface area (Å²) in [4.78, 5) is 7.87. The number of rotatable bonds is 7. The predicted molar refractivity (Wildman–Crippen MR) is 113 cm³/mol. The Bertz CT molecular complexity index is 997. The van der Waals surface area contributed by atoms with Gasteiger partial charge in [0, 0.05) is 11.6 Å². The van der Waals surface area contributed by atoms with Gasteiger partial charge in [-0.2, -0.15) is 18.3 Å². The molecule has 0 radical (unpaired) electrons. The van der Waals surface area contributed by atoms with Gasteiger partial charge in [-0.25, -0.2) is 9.97 Å². The van der Waals surface area contributed by atoms with Crippen LogP contribution in [0.3, 0.4) is 0 Å². The molecule has 7 heteroatoms. The molecule has 156 valence electrons. The van der Waals surface area contributed by atoms with Crippen molar-refractivity contribution in [3.63, 3.8) is 0 Å². The van der Waals surface area contributed by atoms with Gasteiger partial charge >= 0.3 is 6.18 Å². The fourth-order valence-corrected chi connectivity index (χ4v) is 2.87. The molecule has 1 N–H and O–H groups in total. The summed E-state index contributed by atoms with van der Waals surface area (Å²) in [7, 11) is 0. The van der Waals surface area contributed by atoms with Crippen LogP contribution in [0.1, 0.15) is 43.5 Å². The van der Waals surface area contributed by atoms with Gasteiger partial charge in [0.1, 0.15) is 0 Å². The van der Waals surface area contributed by atoms with E-state index in [9.17, 15) is 13.2 Å². The molecule has 4 nitrogen and oxygen atoms in total. The lowest BCUT2D eigenvalue weighted by Crippen LogP contribution is -2.11. The highest BCUT2D eigenvalue weighted by Gasteiger charge is 2.33. The zero-order chi connectivity index (χ0) is 21.6. The minimum absolute atomic E-state index is 0.0129. The fourth-order valence-electron chi connectivity index (χ4n) is 2.87. The molecule has 0 aliphatic rings. The van der Waals surface area contributed by atoms with E-state index in [1.807, 2.05) is 24.3 Å². The first kappa shape index (κ1) is 21.5. The van der Waals surface area contributed by atoms with E-state index < -0.39 is 11.9 Å². The molecule has 0 unspecified atom stereocenters. The molecule has 2 aromatic carbocycles. The second-order valence-electron chi connectivity index (χ2n) is 6.94. The Morgan fingerprint density at radius 3 is 2.33 bits per heavy atom. The highest BCUT2D eigenvalue weighted by atomic mass is 19.4. The van der Waals surface area contributed by atoms with Gasteiger partial charge < -0.3 is 0 Å². The van der Waals surface area contributed by atoms with Crippen LogP contribution in [0.2, 0.25) is 0 Å². The molecule has 0 amide bonds. The monoisotopic (exact) mass is 412 g/mol. The van der Waals surface area contributed by atoms with E-state index >= 15 is 0 Å². The molecule has 0 aliphatic carbocycles. The highest BCUT2D eigenvalue weighted by molar-refractivity contribution is 5.99. The third kappa shape index (κ3) is 5.65. The average molecular weight is 412 g/mol. The summed E-state index contributed by atoms with van der Waals surface area (Å²) in [5.41, 5.74) is 4.90. The molecule has 1 heterocycles. The lowest BCUT2D eigenvalue weighted by Gasteiger charge is -2.11. The first-order chi connectivity index (χ1) is 14.4. The van der Waals surface area contributed by atoms with Crippen LogP contribution in [0.25, 0.3) is 11.4 Å². The smallest absolute Gasteiger partial charge is 0.261 e. The molecule has 0 saturated heterocycles. The second-order valence-corrected chi connectivity index (χ2v) is 6.94. The van der Waals surface area contributed by atoms with Gasteiger partial charge in [-0.05, 0) is 30.9 Å². The quantitative estimate of drug-likeness (QED) is 0.364. The molecule has 0 fully saturated rings. The first-order valence-electron chi connectivity index (χ1n) is 9.78. The molecule has 0 bridgehead atoms. The molecule has 1 aromatic heterocycles. The Balaban J connectivity index is 1.84. The van der Waals surface area contributed by atoms with Crippen LogP contribution < -0.4 is 5.43 Å². The van der Waals surface area contributed by atoms with Gasteiger partial charge in [-0.1, -0.05) is 67.9 Å². The predicted octanol–water partition coefficient (Wildman–Crippen LogP) is 6.34. The van der Waals surface area contributed by atoms with E-state index in [-0.39, 0.29) is 11.6 Å². The summed E-state index contributed by atoms with van der Waals surface area (Å²) in [6.45, 7) is 3.94. The molecule has 0 aliphatic heterocycles. The maximum atomic E-state index is 13.3. The molecule has 0 spiro atoms. The Hall–Kier alpha value is -3.22. The Morgan fingerprint density at radius 2 is 1.70 bits per heavy atom. The van der Waals surface area contributed by atoms with Crippen molar-refractivity contribution in [1.82, 2.24) is 9.97 Å². The summed E-state index contributed by atoms with van der Waals surface area (Å²) in [5.74, 6) is -0.0313. The molecule has 0 atom stereocenters. The number of halogens is 3. The van der Waals surface area contributed by atoms with E-state index in [1.54, 1.807) is 37.3 Å². The van der Waals surface area contributed by atoms with E-state index in [2.05, 4.69) is 27.4 Å². The zero-order valence-electron chi connectivity index (χ0n) is 16.9. The standard InChI is InChI=1S/C23H23F3N4/c1-3-4-8-17-11-13-18(14-12-17)16(2)29-30-21-15-20(23(24,25)26)27-22(28-21)19-9-6-5-7-10-19/h5-7,9-15H,3-4,8H2,1-2H3,(H,27,28,30)/b29-16-. The Morgan fingerprint density at radius 1 is 1.00 bits per heavy atom. The summed E-state index contributed by atoms with van der Waals surface area (Å²) in [6.07, 6.45) is -1.30. The summed E-state index contributed by atoms with van der Waals surface area (Å²) in [6, 6.07) is 17.4. The van der Waals surface area contributed by atoms with Crippen molar-refractivity contribution in [1.29, 1.82) is 0 Å². The van der Waals surface area contributed by atoms with E-state index in [0.717, 1.165) is 30.9 Å². The van der Waals surface area contributed by atoms with Crippen LogP contribution in [0.4, 0.5) is 19.0 Å². The topological polar surface area (TPSA) is 50.2 Å². The normalized spacial score (nSPS) is 12.1. The number of unbranched alkanes of at least 4 members (excludes halogenated alkanes) is 1. The van der Waals surface area contributed by atoms with Gasteiger partial charge in [-0.3, -0.25) is 5.43 Å². The van der Waals surface area contributed by atoms with Crippen LogP contribution in [0.15, 0.2) is 65.8 Å². The highest BCUT2D eigenvalue weighted by Crippen LogP contribution is 2.30. The number of hydrazone groups is 1. The lowest BCUT2D eigenvalue weighted by molar-refractivity contribution is -0.141. The summed E-state index contributed by atoms with van der Waals surface area (Å²) < 4.78 is 39.9. The largest absolute Gasteiger partial charge is 0.433 e. The van der Waals surface area contributed by atoms with Gasteiger partial charge in [0.25, 0.3) is 0 Å². The zero-order valence-corrected chi connectivity index (χ0v) is 16.9. The van der Waals surface area contributed by atoms with Crippen molar-refractivity contribution in [2.24, 2.45) is 5.10 Å². The fraction of sp³-hybridized carbons (Fsp3) is 0.261. The van der Waals surface area contributed by atoms with Gasteiger partial charge in [0.2, 0.25) is 0 Å². The third-order valence-corrected chi connectivity index (χ3v) is 4.58. The van der Waals surface area contributed by atoms with Crippen LogP contribution >= 0.6 is 0 Å². The molecule has 3 rings (SSSR count). The Labute approximate surface area is 173 Å². The molecule has 30 heavy (non-hydrogen) atoms. The van der Waals surface area contributed by atoms with Crippen LogP contribution in [-0.2, 0) is 12.6 Å². The van der Waals surface area contributed by atoms with E-state index in [0.29, 0.717) is 11.3 Å². The number of hydrogen-bond acceptors (Lipinski definition) is 4. The number of aromatic nitrogens is 2. The first-order valence-corrected chi connectivity index (χ1v) is 9.78. The molecule has 0 saturated carbocycles. The number of hydrogen-bond donors (Lipinski definition) is 1. The van der Waals surface area contributed by atoms with Crippen molar-refractivity contribution in [2.45, 2.75) is 39.3 Å². The Kier molecular flexibility index (Phi) is 6.82. The summed E-state index contributed by atoms with van der Waals surface area (Å²) >= 11 is 0. The average Bonchev–Trinajstić information content (AvgIpc) is 2.76. The van der Waals surface area contributed by atoms with Crippen molar-refractivity contribution in [2.75, 3.05) is 5.43 Å². The van der Waals surface area contributed by atoms with Crippen LogP contribution in [0.5, 0.6) is 0 Å². The number of nitrogens with zero attached hydrogens (tertiary/aromatic N) is 3. The van der Waals surface area contributed by atoms with E-state index in [1.165, 1.54) is 5.56 Å². The van der Waals surface area contributed by atoms with Crippen molar-refractivity contribution >= 4 is 11.5 Å². The SMILES string of the molecule is CCCCc1ccc(/C(C)=N\Nc2cc(C(F)(F)F)nc(-c3ccccc3)n2)cc1. The van der Waals surface area contributed by atoms with E-state index in [4.69, 9.17) is 0 Å². The number of alkyl halides is 3. The van der Waals surface area contributed by atoms with Crippen LogP contribution in [0, 0.1) is 0 Å². The maximum Gasteiger partial charge on any atom is 0.433 e. The maximum absolute atomic E-state index is 13.3. The number of anilines is 1. The number of aryl methyl sites for hydroxylation is 1. The second kappa shape index (κ2) is 9.52.